The van der Waals surface area contributed by atoms with Gasteiger partial charge in [0.05, 0.1) is 6.34 Å². The summed E-state index contributed by atoms with van der Waals surface area (Å²) in [5.74, 6) is 0. The number of rotatable bonds is 5. The molecular formula is C26H46N6. The third-order valence-corrected chi connectivity index (χ3v) is 6.47. The van der Waals surface area contributed by atoms with Gasteiger partial charge in [-0.2, -0.15) is 0 Å². The molecule has 1 aliphatic heterocycles. The first kappa shape index (κ1) is 28.0. The average molecular weight is 443 g/mol. The number of piperazine rings is 1. The Kier molecular flexibility index (Phi) is 14.5. The Labute approximate surface area is 196 Å². The fourth-order valence-corrected chi connectivity index (χ4v) is 4.54. The van der Waals surface area contributed by atoms with Crippen molar-refractivity contribution in [2.75, 3.05) is 32.7 Å². The number of aliphatic imine (C=N–C) groups is 1. The van der Waals surface area contributed by atoms with Crippen molar-refractivity contribution in [1.82, 2.24) is 10.2 Å². The minimum absolute atomic E-state index is 0.750. The Balaban J connectivity index is 0.000000312. The number of nitrogens with two attached hydrogens (primary N) is 1. The molecule has 0 radical (unpaired) electrons. The molecule has 180 valence electrons. The second-order valence-electron chi connectivity index (χ2n) is 8.84. The molecule has 2 aliphatic carbocycles. The standard InChI is InChI=1S/C16H28N2.C9H14N2.CH4N2/c1-14-6-3-4-8-16(14)15(2)7-5-11-18-12-9-17-10-13-18;1-7(11-2)8-5-3-4-6-9(8)10;2-1-3/h17H,1,3-13H2,2H3;10H,2-6H2,1H3;1H,(H3,2,3)/b16-15+;8-7-,10-9?;. The van der Waals surface area contributed by atoms with Crippen molar-refractivity contribution < 1.29 is 0 Å². The molecule has 3 fully saturated rings. The Morgan fingerprint density at radius 1 is 1.06 bits per heavy atom. The van der Waals surface area contributed by atoms with Crippen LogP contribution in [-0.4, -0.2) is 56.4 Å². The molecule has 0 aromatic heterocycles. The molecule has 6 heteroatoms. The first-order chi connectivity index (χ1) is 15.4. The highest BCUT2D eigenvalue weighted by Gasteiger charge is 2.14. The van der Waals surface area contributed by atoms with Gasteiger partial charge in [-0.3, -0.25) is 10.4 Å². The molecule has 0 aromatic rings. The molecule has 0 amide bonds. The van der Waals surface area contributed by atoms with Gasteiger partial charge in [-0.1, -0.05) is 17.7 Å². The second-order valence-corrected chi connectivity index (χ2v) is 8.84. The Morgan fingerprint density at radius 3 is 2.19 bits per heavy atom. The molecule has 0 atom stereocenters. The zero-order valence-corrected chi connectivity index (χ0v) is 20.6. The normalized spacial score (nSPS) is 22.6. The van der Waals surface area contributed by atoms with Crippen LogP contribution in [0.4, 0.5) is 0 Å². The maximum atomic E-state index is 7.63. The molecule has 3 rings (SSSR count). The molecule has 6 nitrogen and oxygen atoms in total. The molecule has 1 heterocycles. The van der Waals surface area contributed by atoms with Crippen LogP contribution < -0.4 is 11.1 Å². The number of hydrogen-bond acceptors (Lipinski definition) is 5. The van der Waals surface area contributed by atoms with E-state index in [4.69, 9.17) is 10.8 Å². The van der Waals surface area contributed by atoms with Crippen molar-refractivity contribution in [2.45, 2.75) is 78.1 Å². The molecule has 0 spiro atoms. The van der Waals surface area contributed by atoms with Crippen LogP contribution in [0.5, 0.6) is 0 Å². The van der Waals surface area contributed by atoms with Gasteiger partial charge in [-0.15, -0.1) is 0 Å². The van der Waals surface area contributed by atoms with Crippen LogP contribution in [0.15, 0.2) is 39.6 Å². The summed E-state index contributed by atoms with van der Waals surface area (Å²) >= 11 is 0. The van der Waals surface area contributed by atoms with Gasteiger partial charge in [0.15, 0.2) is 0 Å². The van der Waals surface area contributed by atoms with Crippen LogP contribution in [0, 0.1) is 10.8 Å². The van der Waals surface area contributed by atoms with Crippen molar-refractivity contribution >= 4 is 18.8 Å². The molecule has 3 aliphatic rings. The monoisotopic (exact) mass is 442 g/mol. The first-order valence-electron chi connectivity index (χ1n) is 12.2. The van der Waals surface area contributed by atoms with E-state index in [0.717, 1.165) is 55.7 Å². The van der Waals surface area contributed by atoms with E-state index in [1.807, 2.05) is 6.92 Å². The van der Waals surface area contributed by atoms with Gasteiger partial charge in [0, 0.05) is 37.6 Å². The van der Waals surface area contributed by atoms with Gasteiger partial charge >= 0.3 is 0 Å². The van der Waals surface area contributed by atoms with Gasteiger partial charge in [0.1, 0.15) is 0 Å². The van der Waals surface area contributed by atoms with Crippen molar-refractivity contribution in [2.24, 2.45) is 10.7 Å². The van der Waals surface area contributed by atoms with Crippen LogP contribution >= 0.6 is 0 Å². The van der Waals surface area contributed by atoms with Crippen molar-refractivity contribution in [3.05, 3.63) is 34.6 Å². The maximum absolute atomic E-state index is 7.63. The van der Waals surface area contributed by atoms with Gasteiger partial charge < -0.3 is 21.4 Å². The number of allylic oxidation sites excluding steroid dienone is 5. The highest BCUT2D eigenvalue weighted by Crippen LogP contribution is 2.31. The third-order valence-electron chi connectivity index (χ3n) is 6.47. The summed E-state index contributed by atoms with van der Waals surface area (Å²) in [6, 6.07) is 0. The summed E-state index contributed by atoms with van der Waals surface area (Å²) in [4.78, 5) is 6.44. The maximum Gasteiger partial charge on any atom is 0.0765 e. The van der Waals surface area contributed by atoms with E-state index in [9.17, 15) is 0 Å². The predicted molar refractivity (Wildman–Crippen MR) is 140 cm³/mol. The van der Waals surface area contributed by atoms with Crippen molar-refractivity contribution in [3.63, 3.8) is 0 Å². The van der Waals surface area contributed by atoms with E-state index < -0.39 is 0 Å². The van der Waals surface area contributed by atoms with E-state index in [2.05, 4.69) is 41.2 Å². The smallest absolute Gasteiger partial charge is 0.0765 e. The summed E-state index contributed by atoms with van der Waals surface area (Å²) < 4.78 is 0. The third kappa shape index (κ3) is 10.5. The molecule has 1 saturated heterocycles. The highest BCUT2D eigenvalue weighted by atomic mass is 15.2. The minimum atomic E-state index is 0.750. The lowest BCUT2D eigenvalue weighted by molar-refractivity contribution is 0.238. The van der Waals surface area contributed by atoms with Crippen LogP contribution in [0.25, 0.3) is 0 Å². The van der Waals surface area contributed by atoms with Gasteiger partial charge in [0.2, 0.25) is 0 Å². The minimum Gasteiger partial charge on any atom is -0.390 e. The van der Waals surface area contributed by atoms with Gasteiger partial charge in [-0.25, -0.2) is 0 Å². The molecule has 0 unspecified atom stereocenters. The molecule has 0 aromatic carbocycles. The lowest BCUT2D eigenvalue weighted by Crippen LogP contribution is -2.43. The van der Waals surface area contributed by atoms with Crippen molar-refractivity contribution in [1.29, 1.82) is 10.8 Å². The summed E-state index contributed by atoms with van der Waals surface area (Å²) in [5, 5.41) is 16.9. The summed E-state index contributed by atoms with van der Waals surface area (Å²) in [6.45, 7) is 18.0. The molecule has 5 N–H and O–H groups in total. The van der Waals surface area contributed by atoms with E-state index in [-0.39, 0.29) is 0 Å². The molecule has 32 heavy (non-hydrogen) atoms. The first-order valence-corrected chi connectivity index (χ1v) is 12.2. The molecule has 2 saturated carbocycles. The topological polar surface area (TPSA) is 101 Å². The SMILES string of the molecule is C=C1CCCC/C1=C(/C)CCCN1CCNCC1.C=N/C(C)=C1/CCCCC1=N.N=CN. The Morgan fingerprint density at radius 2 is 1.62 bits per heavy atom. The lowest BCUT2D eigenvalue weighted by atomic mass is 9.86. The fourth-order valence-electron chi connectivity index (χ4n) is 4.54. The van der Waals surface area contributed by atoms with E-state index in [0.29, 0.717) is 0 Å². The lowest BCUT2D eigenvalue weighted by Gasteiger charge is -2.27. The zero-order valence-electron chi connectivity index (χ0n) is 20.6. The molecular weight excluding hydrogens is 396 g/mol. The van der Waals surface area contributed by atoms with Crippen LogP contribution in [0.3, 0.4) is 0 Å². The predicted octanol–water partition coefficient (Wildman–Crippen LogP) is 5.23. The van der Waals surface area contributed by atoms with E-state index in [1.165, 1.54) is 70.2 Å². The quantitative estimate of drug-likeness (QED) is 0.346. The van der Waals surface area contributed by atoms with Crippen molar-refractivity contribution in [3.8, 4) is 0 Å². The summed E-state index contributed by atoms with van der Waals surface area (Å²) in [5.41, 5.74) is 11.8. The fraction of sp³-hybridized carbons (Fsp3) is 0.654. The molecule has 0 bridgehead atoms. The summed E-state index contributed by atoms with van der Waals surface area (Å²) in [7, 11) is 0. The van der Waals surface area contributed by atoms with Gasteiger partial charge in [0.25, 0.3) is 0 Å². The zero-order chi connectivity index (χ0) is 23.8. The summed E-state index contributed by atoms with van der Waals surface area (Å²) in [6.07, 6.45) is 12.8. The van der Waals surface area contributed by atoms with E-state index in [1.54, 1.807) is 11.1 Å². The highest BCUT2D eigenvalue weighted by molar-refractivity contribution is 5.98. The number of hydrogen-bond donors (Lipinski definition) is 4. The average Bonchev–Trinajstić information content (AvgIpc) is 2.81. The van der Waals surface area contributed by atoms with Crippen LogP contribution in [-0.2, 0) is 0 Å². The van der Waals surface area contributed by atoms with Crippen LogP contribution in [0.2, 0.25) is 0 Å². The van der Waals surface area contributed by atoms with Crippen LogP contribution in [0.1, 0.15) is 78.1 Å². The Hall–Kier alpha value is -2.05. The Bertz CT molecular complexity index is 682. The van der Waals surface area contributed by atoms with Gasteiger partial charge in [-0.05, 0) is 102 Å². The van der Waals surface area contributed by atoms with E-state index >= 15 is 0 Å². The largest absolute Gasteiger partial charge is 0.390 e. The number of nitrogens with zero attached hydrogens (tertiary/aromatic N) is 2. The second kappa shape index (κ2) is 16.6. The number of nitrogens with one attached hydrogen (secondary N) is 3.